The Hall–Kier alpha value is -2.94. The molecule has 0 saturated carbocycles. The minimum absolute atomic E-state index is 0.256. The number of aromatic nitrogens is 1. The van der Waals surface area contributed by atoms with Crippen molar-refractivity contribution in [1.29, 1.82) is 0 Å². The standard InChI is InChI=1S/C20H19FN4O2S/c1-13-10-18(28(27)25-22)8-4-15(13)11-24-20(26)16-5-9-19(23-12-16)14-2-6-17(21)7-3-14/h2-10,12,25H,11,22H2,1H3,(H,24,26). The maximum Gasteiger partial charge on any atom is 0.253 e. The van der Waals surface area contributed by atoms with Gasteiger partial charge in [0.2, 0.25) is 0 Å². The van der Waals surface area contributed by atoms with Crippen LogP contribution in [0.4, 0.5) is 4.39 Å². The highest BCUT2D eigenvalue weighted by Crippen LogP contribution is 2.18. The van der Waals surface area contributed by atoms with Crippen molar-refractivity contribution in [2.45, 2.75) is 18.4 Å². The lowest BCUT2D eigenvalue weighted by Crippen LogP contribution is -2.25. The second kappa shape index (κ2) is 8.83. The fraction of sp³-hybridized carbons (Fsp3) is 0.100. The van der Waals surface area contributed by atoms with Crippen LogP contribution in [0, 0.1) is 12.7 Å². The maximum absolute atomic E-state index is 13.0. The van der Waals surface area contributed by atoms with Crippen molar-refractivity contribution in [3.8, 4) is 11.3 Å². The number of hydrazine groups is 1. The number of nitrogens with one attached hydrogen (secondary N) is 2. The third-order valence-electron chi connectivity index (χ3n) is 4.24. The van der Waals surface area contributed by atoms with Gasteiger partial charge in [-0.1, -0.05) is 6.07 Å². The molecule has 0 spiro atoms. The Morgan fingerprint density at radius 2 is 1.89 bits per heavy atom. The molecule has 0 radical (unpaired) electrons. The summed E-state index contributed by atoms with van der Waals surface area (Å²) in [4.78, 5) is 19.4. The van der Waals surface area contributed by atoms with Gasteiger partial charge in [-0.2, -0.15) is 4.83 Å². The van der Waals surface area contributed by atoms with Gasteiger partial charge in [0.15, 0.2) is 0 Å². The fourth-order valence-corrected chi connectivity index (χ4v) is 3.26. The number of halogens is 1. The highest BCUT2D eigenvalue weighted by Gasteiger charge is 2.09. The summed E-state index contributed by atoms with van der Waals surface area (Å²) in [6, 6.07) is 14.7. The number of hydrogen-bond donors (Lipinski definition) is 3. The molecule has 0 aliphatic heterocycles. The summed E-state index contributed by atoms with van der Waals surface area (Å²) in [5.74, 6) is 4.61. The molecule has 8 heteroatoms. The molecule has 0 bridgehead atoms. The first kappa shape index (κ1) is 19.8. The third kappa shape index (κ3) is 4.66. The third-order valence-corrected chi connectivity index (χ3v) is 5.14. The number of nitrogens with zero attached hydrogens (tertiary/aromatic N) is 1. The van der Waals surface area contributed by atoms with Crippen LogP contribution in [0.25, 0.3) is 11.3 Å². The van der Waals surface area contributed by atoms with Crippen LogP contribution in [0.15, 0.2) is 65.7 Å². The van der Waals surface area contributed by atoms with E-state index in [-0.39, 0.29) is 11.7 Å². The van der Waals surface area contributed by atoms with E-state index in [0.29, 0.717) is 22.7 Å². The molecule has 28 heavy (non-hydrogen) atoms. The Morgan fingerprint density at radius 3 is 2.50 bits per heavy atom. The zero-order chi connectivity index (χ0) is 20.1. The second-order valence-electron chi connectivity index (χ2n) is 6.10. The molecule has 0 fully saturated rings. The zero-order valence-corrected chi connectivity index (χ0v) is 15.9. The van der Waals surface area contributed by atoms with Crippen molar-refractivity contribution in [3.05, 3.63) is 83.3 Å². The van der Waals surface area contributed by atoms with Gasteiger partial charge < -0.3 is 5.32 Å². The van der Waals surface area contributed by atoms with Crippen molar-refractivity contribution < 1.29 is 13.4 Å². The van der Waals surface area contributed by atoms with Crippen molar-refractivity contribution >= 4 is 16.9 Å². The lowest BCUT2D eigenvalue weighted by molar-refractivity contribution is 0.0950. The van der Waals surface area contributed by atoms with E-state index in [4.69, 9.17) is 5.84 Å². The van der Waals surface area contributed by atoms with Crippen molar-refractivity contribution in [2.24, 2.45) is 5.84 Å². The van der Waals surface area contributed by atoms with E-state index in [9.17, 15) is 13.4 Å². The number of carbonyl (C=O) groups excluding carboxylic acids is 1. The van der Waals surface area contributed by atoms with Crippen LogP contribution in [0.5, 0.6) is 0 Å². The lowest BCUT2D eigenvalue weighted by atomic mass is 10.1. The maximum atomic E-state index is 13.0. The molecule has 0 aliphatic rings. The van der Waals surface area contributed by atoms with Crippen molar-refractivity contribution in [3.63, 3.8) is 0 Å². The number of hydrogen-bond acceptors (Lipinski definition) is 4. The summed E-state index contributed by atoms with van der Waals surface area (Å²) < 4.78 is 24.7. The van der Waals surface area contributed by atoms with Gasteiger partial charge in [-0.05, 0) is 66.6 Å². The summed E-state index contributed by atoms with van der Waals surface area (Å²) in [5, 5.41) is 2.84. The van der Waals surface area contributed by atoms with Crippen LogP contribution in [-0.4, -0.2) is 15.1 Å². The predicted octanol–water partition coefficient (Wildman–Crippen LogP) is 2.61. The molecule has 0 saturated heterocycles. The van der Waals surface area contributed by atoms with Gasteiger partial charge in [0, 0.05) is 18.3 Å². The Kier molecular flexibility index (Phi) is 6.25. The van der Waals surface area contributed by atoms with Gasteiger partial charge in [0.05, 0.1) is 16.2 Å². The van der Waals surface area contributed by atoms with Gasteiger partial charge in [0.25, 0.3) is 5.91 Å². The summed E-state index contributed by atoms with van der Waals surface area (Å²) in [6.07, 6.45) is 1.49. The van der Waals surface area contributed by atoms with E-state index in [1.165, 1.54) is 18.3 Å². The van der Waals surface area contributed by atoms with Gasteiger partial charge in [-0.15, -0.1) is 0 Å². The monoisotopic (exact) mass is 398 g/mol. The summed E-state index contributed by atoms with van der Waals surface area (Å²) in [7, 11) is -1.46. The van der Waals surface area contributed by atoms with Crippen LogP contribution in [-0.2, 0) is 17.5 Å². The topological polar surface area (TPSA) is 97.1 Å². The largest absolute Gasteiger partial charge is 0.348 e. The normalized spacial score (nSPS) is 11.8. The van der Waals surface area contributed by atoms with Crippen molar-refractivity contribution in [1.82, 2.24) is 15.1 Å². The van der Waals surface area contributed by atoms with Gasteiger partial charge in [-0.25, -0.2) is 8.60 Å². The molecule has 1 aromatic heterocycles. The van der Waals surface area contributed by atoms with Gasteiger partial charge >= 0.3 is 0 Å². The van der Waals surface area contributed by atoms with Crippen LogP contribution in [0.2, 0.25) is 0 Å². The highest BCUT2D eigenvalue weighted by molar-refractivity contribution is 7.83. The first-order valence-corrected chi connectivity index (χ1v) is 9.60. The van der Waals surface area contributed by atoms with Crippen LogP contribution in [0.3, 0.4) is 0 Å². The molecule has 1 heterocycles. The predicted molar refractivity (Wildman–Crippen MR) is 106 cm³/mol. The molecule has 1 amide bonds. The first-order valence-electron chi connectivity index (χ1n) is 8.45. The zero-order valence-electron chi connectivity index (χ0n) is 15.1. The average Bonchev–Trinajstić information content (AvgIpc) is 2.72. The summed E-state index contributed by atoms with van der Waals surface area (Å²) in [6.45, 7) is 2.20. The Bertz CT molecular complexity index is 1010. The smallest absolute Gasteiger partial charge is 0.253 e. The van der Waals surface area contributed by atoms with E-state index in [2.05, 4.69) is 15.1 Å². The molecular formula is C20H19FN4O2S. The number of amides is 1. The molecule has 2 aromatic carbocycles. The van der Waals surface area contributed by atoms with Crippen LogP contribution < -0.4 is 16.0 Å². The second-order valence-corrected chi connectivity index (χ2v) is 7.34. The number of benzene rings is 2. The van der Waals surface area contributed by atoms with E-state index < -0.39 is 11.0 Å². The molecule has 6 nitrogen and oxygen atoms in total. The molecule has 3 rings (SSSR count). The lowest BCUT2D eigenvalue weighted by Gasteiger charge is -2.10. The Labute approximate surface area is 164 Å². The van der Waals surface area contributed by atoms with Gasteiger partial charge in [0.1, 0.15) is 16.8 Å². The van der Waals surface area contributed by atoms with Crippen LogP contribution >= 0.6 is 0 Å². The Morgan fingerprint density at radius 1 is 1.14 bits per heavy atom. The van der Waals surface area contributed by atoms with Crippen molar-refractivity contribution in [2.75, 3.05) is 0 Å². The number of carbonyl (C=O) groups is 1. The molecular weight excluding hydrogens is 379 g/mol. The van der Waals surface area contributed by atoms with Crippen LogP contribution in [0.1, 0.15) is 21.5 Å². The minimum Gasteiger partial charge on any atom is -0.348 e. The minimum atomic E-state index is -1.46. The number of nitrogens with two attached hydrogens (primary N) is 1. The fourth-order valence-electron chi connectivity index (χ4n) is 2.65. The first-order chi connectivity index (χ1) is 13.5. The number of aryl methyl sites for hydroxylation is 1. The molecule has 1 unspecified atom stereocenters. The SMILES string of the molecule is Cc1cc(S(=O)NN)ccc1CNC(=O)c1ccc(-c2ccc(F)cc2)nc1. The summed E-state index contributed by atoms with van der Waals surface area (Å²) in [5.41, 5.74) is 3.65. The molecule has 4 N–H and O–H groups in total. The molecule has 3 aromatic rings. The van der Waals surface area contributed by atoms with E-state index >= 15 is 0 Å². The number of rotatable bonds is 6. The molecule has 0 aliphatic carbocycles. The number of pyridine rings is 1. The van der Waals surface area contributed by atoms with E-state index in [1.807, 2.05) is 6.92 Å². The quantitative estimate of drug-likeness (QED) is 0.439. The Balaban J connectivity index is 1.65. The van der Waals surface area contributed by atoms with E-state index in [1.54, 1.807) is 42.5 Å². The van der Waals surface area contributed by atoms with Gasteiger partial charge in [-0.3, -0.25) is 15.6 Å². The summed E-state index contributed by atoms with van der Waals surface area (Å²) >= 11 is 0. The van der Waals surface area contributed by atoms with E-state index in [0.717, 1.165) is 16.7 Å². The molecule has 1 atom stereocenters. The average molecular weight is 398 g/mol. The molecule has 144 valence electrons. The highest BCUT2D eigenvalue weighted by atomic mass is 32.2.